The first-order valence-corrected chi connectivity index (χ1v) is 8.32. The van der Waals surface area contributed by atoms with E-state index < -0.39 is 0 Å². The molecule has 2 heterocycles. The third-order valence-corrected chi connectivity index (χ3v) is 4.37. The molecule has 7 nitrogen and oxygen atoms in total. The summed E-state index contributed by atoms with van der Waals surface area (Å²) in [4.78, 5) is 11.9. The number of thioether (sulfide) groups is 1. The number of furan rings is 1. The molecule has 0 saturated heterocycles. The molecule has 8 heteroatoms. The molecule has 0 fully saturated rings. The third kappa shape index (κ3) is 3.60. The van der Waals surface area contributed by atoms with E-state index in [1.807, 2.05) is 37.3 Å². The molecule has 0 spiro atoms. The van der Waals surface area contributed by atoms with Crippen LogP contribution in [0.15, 0.2) is 52.2 Å². The fraction of sp³-hybridized carbons (Fsp3) is 0.188. The highest BCUT2D eigenvalue weighted by atomic mass is 32.2. The zero-order valence-electron chi connectivity index (χ0n) is 13.1. The topological polar surface area (TPSA) is 99.0 Å². The SMILES string of the molecule is Cc1occc1-c1nnc(SCC(=O)NCc2ccccc2)n1N. The van der Waals surface area contributed by atoms with E-state index in [9.17, 15) is 4.79 Å². The lowest BCUT2D eigenvalue weighted by Crippen LogP contribution is -2.25. The zero-order chi connectivity index (χ0) is 16.9. The van der Waals surface area contributed by atoms with Gasteiger partial charge in [-0.15, -0.1) is 10.2 Å². The summed E-state index contributed by atoms with van der Waals surface area (Å²) in [7, 11) is 0. The Morgan fingerprint density at radius 1 is 1.29 bits per heavy atom. The number of nitrogens with zero attached hydrogens (tertiary/aromatic N) is 3. The lowest BCUT2D eigenvalue weighted by Gasteiger charge is -2.05. The zero-order valence-corrected chi connectivity index (χ0v) is 13.9. The lowest BCUT2D eigenvalue weighted by molar-refractivity contribution is -0.118. The number of carbonyl (C=O) groups excluding carboxylic acids is 1. The van der Waals surface area contributed by atoms with Crippen molar-refractivity contribution >= 4 is 17.7 Å². The fourth-order valence-corrected chi connectivity index (χ4v) is 2.84. The molecule has 0 aliphatic carbocycles. The van der Waals surface area contributed by atoms with Crippen molar-refractivity contribution in [3.8, 4) is 11.4 Å². The molecule has 0 radical (unpaired) electrons. The van der Waals surface area contributed by atoms with Crippen molar-refractivity contribution in [1.29, 1.82) is 0 Å². The first-order chi connectivity index (χ1) is 11.6. The van der Waals surface area contributed by atoms with Gasteiger partial charge in [0.05, 0.1) is 17.6 Å². The number of aryl methyl sites for hydroxylation is 1. The van der Waals surface area contributed by atoms with Crippen LogP contribution in [0, 0.1) is 6.92 Å². The highest BCUT2D eigenvalue weighted by molar-refractivity contribution is 7.99. The molecule has 0 aliphatic heterocycles. The minimum atomic E-state index is -0.0899. The molecule has 1 aromatic carbocycles. The predicted molar refractivity (Wildman–Crippen MR) is 91.6 cm³/mol. The Balaban J connectivity index is 1.56. The van der Waals surface area contributed by atoms with Crippen molar-refractivity contribution in [2.45, 2.75) is 18.6 Å². The molecule has 3 rings (SSSR count). The van der Waals surface area contributed by atoms with Gasteiger partial charge < -0.3 is 15.6 Å². The standard InChI is InChI=1S/C16H17N5O2S/c1-11-13(7-8-23-11)15-19-20-16(21(15)17)24-10-14(22)18-9-12-5-3-2-4-6-12/h2-8H,9-10,17H2,1H3,(H,18,22). The third-order valence-electron chi connectivity index (χ3n) is 3.43. The normalized spacial score (nSPS) is 10.7. The second-order valence-electron chi connectivity index (χ2n) is 5.12. The van der Waals surface area contributed by atoms with Crippen LogP contribution in [0.25, 0.3) is 11.4 Å². The van der Waals surface area contributed by atoms with Crippen molar-refractivity contribution < 1.29 is 9.21 Å². The molecular formula is C16H17N5O2S. The first-order valence-electron chi connectivity index (χ1n) is 7.33. The van der Waals surface area contributed by atoms with Gasteiger partial charge in [0, 0.05) is 6.54 Å². The Kier molecular flexibility index (Phi) is 4.85. The summed E-state index contributed by atoms with van der Waals surface area (Å²) < 4.78 is 6.62. The molecule has 0 bridgehead atoms. The van der Waals surface area contributed by atoms with Crippen LogP contribution < -0.4 is 11.2 Å². The smallest absolute Gasteiger partial charge is 0.230 e. The average molecular weight is 343 g/mol. The van der Waals surface area contributed by atoms with E-state index in [2.05, 4.69) is 15.5 Å². The van der Waals surface area contributed by atoms with Crippen molar-refractivity contribution in [3.63, 3.8) is 0 Å². The molecule has 3 aromatic rings. The Labute approximate surface area is 143 Å². The summed E-state index contributed by atoms with van der Waals surface area (Å²) in [6.45, 7) is 2.32. The maximum atomic E-state index is 11.9. The van der Waals surface area contributed by atoms with Crippen molar-refractivity contribution in [2.24, 2.45) is 0 Å². The maximum Gasteiger partial charge on any atom is 0.230 e. The van der Waals surface area contributed by atoms with Gasteiger partial charge in [0.1, 0.15) is 5.76 Å². The van der Waals surface area contributed by atoms with E-state index in [1.54, 1.807) is 12.3 Å². The van der Waals surface area contributed by atoms with Crippen molar-refractivity contribution in [3.05, 3.63) is 54.0 Å². The number of hydrogen-bond donors (Lipinski definition) is 2. The molecule has 0 aliphatic rings. The highest BCUT2D eigenvalue weighted by Gasteiger charge is 2.16. The minimum Gasteiger partial charge on any atom is -0.469 e. The molecule has 3 N–H and O–H groups in total. The van der Waals surface area contributed by atoms with Crippen molar-refractivity contribution in [1.82, 2.24) is 20.2 Å². The molecule has 0 unspecified atom stereocenters. The lowest BCUT2D eigenvalue weighted by atomic mass is 10.2. The number of rotatable bonds is 6. The van der Waals surface area contributed by atoms with E-state index >= 15 is 0 Å². The van der Waals surface area contributed by atoms with Crippen LogP contribution in [0.1, 0.15) is 11.3 Å². The number of amides is 1. The van der Waals surface area contributed by atoms with Gasteiger partial charge in [-0.25, -0.2) is 4.68 Å². The van der Waals surface area contributed by atoms with Crippen LogP contribution in [-0.4, -0.2) is 26.5 Å². The van der Waals surface area contributed by atoms with Crippen molar-refractivity contribution in [2.75, 3.05) is 11.6 Å². The summed E-state index contributed by atoms with van der Waals surface area (Å²) in [5.41, 5.74) is 1.83. The second kappa shape index (κ2) is 7.22. The van der Waals surface area contributed by atoms with E-state index in [0.29, 0.717) is 23.3 Å². The Morgan fingerprint density at radius 3 is 2.79 bits per heavy atom. The number of nitrogens with two attached hydrogens (primary N) is 1. The second-order valence-corrected chi connectivity index (χ2v) is 6.06. The van der Waals surface area contributed by atoms with Gasteiger partial charge >= 0.3 is 0 Å². The molecule has 124 valence electrons. The molecule has 1 amide bonds. The number of benzene rings is 1. The number of carbonyl (C=O) groups is 1. The van der Waals surface area contributed by atoms with Gasteiger partial charge in [-0.2, -0.15) is 0 Å². The van der Waals surface area contributed by atoms with Crippen LogP contribution in [0.4, 0.5) is 0 Å². The Hall–Kier alpha value is -2.74. The van der Waals surface area contributed by atoms with Gasteiger partial charge in [-0.1, -0.05) is 42.1 Å². The quantitative estimate of drug-likeness (QED) is 0.524. The van der Waals surface area contributed by atoms with Crippen LogP contribution in [0.5, 0.6) is 0 Å². The predicted octanol–water partition coefficient (Wildman–Crippen LogP) is 1.97. The highest BCUT2D eigenvalue weighted by Crippen LogP contribution is 2.24. The molecule has 24 heavy (non-hydrogen) atoms. The fourth-order valence-electron chi connectivity index (χ4n) is 2.15. The molecule has 0 atom stereocenters. The van der Waals surface area contributed by atoms with E-state index in [-0.39, 0.29) is 11.7 Å². The van der Waals surface area contributed by atoms with E-state index in [4.69, 9.17) is 10.3 Å². The molecule has 2 aromatic heterocycles. The van der Waals surface area contributed by atoms with Gasteiger partial charge in [-0.05, 0) is 18.6 Å². The summed E-state index contributed by atoms with van der Waals surface area (Å²) in [6, 6.07) is 11.5. The van der Waals surface area contributed by atoms with E-state index in [1.165, 1.54) is 16.4 Å². The number of nitrogen functional groups attached to an aromatic ring is 1. The first kappa shape index (κ1) is 16.1. The molecular weight excluding hydrogens is 326 g/mol. The summed E-state index contributed by atoms with van der Waals surface area (Å²) in [5.74, 6) is 7.36. The van der Waals surface area contributed by atoms with Crippen LogP contribution >= 0.6 is 11.8 Å². The van der Waals surface area contributed by atoms with Gasteiger partial charge in [0.2, 0.25) is 11.1 Å². The van der Waals surface area contributed by atoms with Gasteiger partial charge in [0.25, 0.3) is 0 Å². The van der Waals surface area contributed by atoms with Crippen LogP contribution in [-0.2, 0) is 11.3 Å². The van der Waals surface area contributed by atoms with Gasteiger partial charge in [-0.3, -0.25) is 4.79 Å². The summed E-state index contributed by atoms with van der Waals surface area (Å²) >= 11 is 1.24. The number of nitrogens with one attached hydrogen (secondary N) is 1. The number of hydrogen-bond acceptors (Lipinski definition) is 6. The largest absolute Gasteiger partial charge is 0.469 e. The summed E-state index contributed by atoms with van der Waals surface area (Å²) in [6.07, 6.45) is 1.57. The molecule has 0 saturated carbocycles. The minimum absolute atomic E-state index is 0.0899. The van der Waals surface area contributed by atoms with Crippen LogP contribution in [0.2, 0.25) is 0 Å². The maximum absolute atomic E-state index is 11.9. The summed E-state index contributed by atoms with van der Waals surface area (Å²) in [5, 5.41) is 11.4. The Morgan fingerprint density at radius 2 is 2.08 bits per heavy atom. The number of aromatic nitrogens is 3. The van der Waals surface area contributed by atoms with Gasteiger partial charge in [0.15, 0.2) is 5.82 Å². The average Bonchev–Trinajstić information content (AvgIpc) is 3.17. The monoisotopic (exact) mass is 343 g/mol. The Bertz CT molecular complexity index is 828. The van der Waals surface area contributed by atoms with Crippen LogP contribution in [0.3, 0.4) is 0 Å². The van der Waals surface area contributed by atoms with E-state index in [0.717, 1.165) is 11.1 Å².